The lowest BCUT2D eigenvalue weighted by atomic mass is 10.1. The van der Waals surface area contributed by atoms with Crippen molar-refractivity contribution >= 4 is 47.0 Å². The lowest BCUT2D eigenvalue weighted by Crippen LogP contribution is -2.51. The van der Waals surface area contributed by atoms with Gasteiger partial charge in [-0.1, -0.05) is 11.6 Å². The van der Waals surface area contributed by atoms with Crippen molar-refractivity contribution < 1.29 is 41.4 Å². The van der Waals surface area contributed by atoms with Crippen molar-refractivity contribution in [3.05, 3.63) is 59.3 Å². The van der Waals surface area contributed by atoms with Gasteiger partial charge in [0.15, 0.2) is 17.2 Å². The second-order valence-corrected chi connectivity index (χ2v) is 11.0. The highest BCUT2D eigenvalue weighted by Gasteiger charge is 2.38. The van der Waals surface area contributed by atoms with Crippen LogP contribution in [0, 0.1) is 0 Å². The van der Waals surface area contributed by atoms with E-state index in [0.29, 0.717) is 56.1 Å². The predicted octanol–water partition coefficient (Wildman–Crippen LogP) is 3.20. The van der Waals surface area contributed by atoms with Gasteiger partial charge in [0.05, 0.1) is 34.6 Å². The van der Waals surface area contributed by atoms with Gasteiger partial charge in [-0.2, -0.15) is 18.3 Å². The Morgan fingerprint density at radius 2 is 1.86 bits per heavy atom. The zero-order valence-electron chi connectivity index (χ0n) is 25.7. The van der Waals surface area contributed by atoms with Gasteiger partial charge in [-0.3, -0.25) is 28.4 Å². The highest BCUT2D eigenvalue weighted by Crippen LogP contribution is 2.37. The molecule has 0 unspecified atom stereocenters. The Balaban J connectivity index is 0.00000174. The molecule has 0 bridgehead atoms. The molecule has 0 radical (unpaired) electrons. The van der Waals surface area contributed by atoms with Crippen LogP contribution in [0.25, 0.3) is 16.9 Å². The molecule has 4 heterocycles. The number of rotatable bonds is 11. The van der Waals surface area contributed by atoms with Gasteiger partial charge in [-0.15, -0.1) is 0 Å². The number of imidazole rings is 1. The third-order valence-corrected chi connectivity index (χ3v) is 7.56. The number of anilines is 2. The maximum Gasteiger partial charge on any atom is 0.435 e. The van der Waals surface area contributed by atoms with Gasteiger partial charge < -0.3 is 26.4 Å². The smallest absolute Gasteiger partial charge is 0.435 e. The summed E-state index contributed by atoms with van der Waals surface area (Å²) >= 11 is 6.50. The number of piperazine rings is 1. The van der Waals surface area contributed by atoms with Crippen LogP contribution in [0.5, 0.6) is 0 Å². The van der Waals surface area contributed by atoms with Gasteiger partial charge in [-0.05, 0) is 31.2 Å². The zero-order chi connectivity index (χ0) is 35.7. The monoisotopic (exact) mass is 714 g/mol. The molecule has 2 amide bonds. The second-order valence-electron chi connectivity index (χ2n) is 10.6. The van der Waals surface area contributed by atoms with Crippen molar-refractivity contribution in [3.63, 3.8) is 0 Å². The van der Waals surface area contributed by atoms with Crippen LogP contribution in [0.15, 0.2) is 43.0 Å². The van der Waals surface area contributed by atoms with Crippen molar-refractivity contribution in [1.29, 1.82) is 0 Å². The third kappa shape index (κ3) is 9.39. The van der Waals surface area contributed by atoms with Gasteiger partial charge in [-0.25, -0.2) is 18.7 Å². The number of hydrogen-bond donors (Lipinski definition) is 4. The fourth-order valence-electron chi connectivity index (χ4n) is 5.03. The van der Waals surface area contributed by atoms with Crippen LogP contribution >= 0.6 is 11.6 Å². The standard InChI is InChI=1S/C28H30ClF5N10O2.CH2O2/c29-20-12-17(2-3-18(20)27(46)42-10-8-41(9-11-42)16-23(45)36-5-1-4-35)39-25-26-38-13-21(44(26)7-6-37-25)19-14-43(15-22(30)31)40-24(19)28(32,33)34;2-1-3/h2-3,6-7,12-14,22H,1,4-5,8-11,15-16,35H2,(H,36,45)(H,37,39);1H,(H,2,3). The Morgan fingerprint density at radius 1 is 1.14 bits per heavy atom. The first-order chi connectivity index (χ1) is 23.4. The largest absolute Gasteiger partial charge is 0.483 e. The van der Waals surface area contributed by atoms with Crippen LogP contribution in [0.4, 0.5) is 33.5 Å². The molecule has 3 aromatic heterocycles. The maximum atomic E-state index is 13.7. The van der Waals surface area contributed by atoms with Gasteiger partial charge in [0.1, 0.15) is 6.54 Å². The van der Waals surface area contributed by atoms with Crippen LogP contribution in [-0.2, 0) is 22.3 Å². The molecule has 20 heteroatoms. The number of benzene rings is 1. The van der Waals surface area contributed by atoms with Crippen molar-refractivity contribution in [2.24, 2.45) is 5.73 Å². The number of nitrogens with zero attached hydrogens (tertiary/aromatic N) is 7. The van der Waals surface area contributed by atoms with E-state index in [1.54, 1.807) is 17.0 Å². The van der Waals surface area contributed by atoms with Crippen LogP contribution in [0.2, 0.25) is 5.02 Å². The minimum Gasteiger partial charge on any atom is -0.483 e. The topological polar surface area (TPSA) is 176 Å². The molecule has 264 valence electrons. The fraction of sp³-hybridized carbons (Fsp3) is 0.379. The molecule has 0 saturated carbocycles. The molecule has 5 rings (SSSR count). The number of carbonyl (C=O) groups excluding carboxylic acids is 2. The minimum atomic E-state index is -4.90. The van der Waals surface area contributed by atoms with Crippen molar-refractivity contribution in [1.82, 2.24) is 39.3 Å². The Labute approximate surface area is 280 Å². The summed E-state index contributed by atoms with van der Waals surface area (Å²) in [5.74, 6) is -0.196. The van der Waals surface area contributed by atoms with E-state index in [2.05, 4.69) is 25.7 Å². The molecule has 1 saturated heterocycles. The molecule has 1 aliphatic heterocycles. The molecule has 14 nitrogen and oxygen atoms in total. The van der Waals surface area contributed by atoms with E-state index in [4.69, 9.17) is 27.2 Å². The molecule has 0 spiro atoms. The molecule has 0 atom stereocenters. The molecule has 4 aromatic rings. The predicted molar refractivity (Wildman–Crippen MR) is 168 cm³/mol. The van der Waals surface area contributed by atoms with E-state index in [9.17, 15) is 31.5 Å². The SMILES string of the molecule is NCCCNC(=O)CN1CCN(C(=O)c2ccc(Nc3nccn4c(-c5cn(CC(F)F)nc5C(F)(F)F)cnc34)cc2Cl)CC1.O=CO. The average Bonchev–Trinajstić information content (AvgIpc) is 3.66. The number of nitrogens with two attached hydrogens (primary N) is 1. The molecule has 0 aliphatic carbocycles. The fourth-order valence-corrected chi connectivity index (χ4v) is 5.29. The van der Waals surface area contributed by atoms with Gasteiger partial charge in [0.2, 0.25) is 5.91 Å². The quantitative estimate of drug-likeness (QED) is 0.103. The Hall–Kier alpha value is -4.88. The van der Waals surface area contributed by atoms with E-state index in [0.717, 1.165) is 6.20 Å². The summed E-state index contributed by atoms with van der Waals surface area (Å²) in [6.45, 7) is 1.87. The Kier molecular flexibility index (Phi) is 12.4. The summed E-state index contributed by atoms with van der Waals surface area (Å²) in [6, 6.07) is 4.67. The summed E-state index contributed by atoms with van der Waals surface area (Å²) in [6.07, 6.45) is -2.30. The first-order valence-corrected chi connectivity index (χ1v) is 15.1. The van der Waals surface area contributed by atoms with Crippen LogP contribution in [-0.4, -0.2) is 110 Å². The van der Waals surface area contributed by atoms with Crippen LogP contribution in [0.1, 0.15) is 22.5 Å². The molecule has 49 heavy (non-hydrogen) atoms. The third-order valence-electron chi connectivity index (χ3n) is 7.25. The zero-order valence-corrected chi connectivity index (χ0v) is 26.5. The van der Waals surface area contributed by atoms with E-state index >= 15 is 0 Å². The summed E-state index contributed by atoms with van der Waals surface area (Å²) in [7, 11) is 0. The first-order valence-electron chi connectivity index (χ1n) is 14.7. The molecular weight excluding hydrogens is 683 g/mol. The highest BCUT2D eigenvalue weighted by atomic mass is 35.5. The normalized spacial score (nSPS) is 13.7. The van der Waals surface area contributed by atoms with Crippen molar-refractivity contribution in [2.75, 3.05) is 51.1 Å². The number of carbonyl (C=O) groups is 3. The van der Waals surface area contributed by atoms with Gasteiger partial charge in [0.25, 0.3) is 18.8 Å². The average molecular weight is 715 g/mol. The summed E-state index contributed by atoms with van der Waals surface area (Å²) in [4.78, 5) is 45.7. The van der Waals surface area contributed by atoms with Gasteiger partial charge >= 0.3 is 6.18 Å². The summed E-state index contributed by atoms with van der Waals surface area (Å²) in [5, 5.41) is 16.2. The highest BCUT2D eigenvalue weighted by molar-refractivity contribution is 6.34. The van der Waals surface area contributed by atoms with Gasteiger partial charge in [0, 0.05) is 57.0 Å². The number of amides is 2. The molecule has 1 fully saturated rings. The number of halogens is 6. The maximum absolute atomic E-state index is 13.7. The van der Waals surface area contributed by atoms with E-state index < -0.39 is 30.4 Å². The van der Waals surface area contributed by atoms with Crippen molar-refractivity contribution in [2.45, 2.75) is 25.6 Å². The lowest BCUT2D eigenvalue weighted by Gasteiger charge is -2.34. The Bertz CT molecular complexity index is 1760. The van der Waals surface area contributed by atoms with E-state index in [-0.39, 0.29) is 52.6 Å². The Morgan fingerprint density at radius 3 is 2.49 bits per heavy atom. The molecule has 5 N–H and O–H groups in total. The van der Waals surface area contributed by atoms with Crippen molar-refractivity contribution in [3.8, 4) is 11.3 Å². The summed E-state index contributed by atoms with van der Waals surface area (Å²) < 4.78 is 68.8. The number of nitrogens with one attached hydrogen (secondary N) is 2. The number of aromatic nitrogens is 5. The first kappa shape index (κ1) is 36.9. The summed E-state index contributed by atoms with van der Waals surface area (Å²) in [5.41, 5.74) is 4.52. The number of carboxylic acid groups (broad SMARTS) is 1. The minimum absolute atomic E-state index is 0.0282. The van der Waals surface area contributed by atoms with Crippen LogP contribution < -0.4 is 16.4 Å². The van der Waals surface area contributed by atoms with Crippen LogP contribution in [0.3, 0.4) is 0 Å². The van der Waals surface area contributed by atoms with E-state index in [1.165, 1.54) is 29.1 Å². The molecule has 1 aromatic carbocycles. The molecule has 1 aliphatic rings. The number of fused-ring (bicyclic) bond motifs is 1. The number of alkyl halides is 5. The lowest BCUT2D eigenvalue weighted by molar-refractivity contribution is -0.141. The number of hydrogen-bond acceptors (Lipinski definition) is 9. The van der Waals surface area contributed by atoms with E-state index in [1.807, 2.05) is 4.90 Å². The second kappa shape index (κ2) is 16.5. The molecular formula is C29H32ClF5N10O4.